The SMILES string of the molecule is c1cncc(CO[C@@H]2CN(C3CCOCC3)[C@H]3COC[C@@H]23)c1. The molecule has 0 bridgehead atoms. The lowest BCUT2D eigenvalue weighted by Gasteiger charge is -2.34. The highest BCUT2D eigenvalue weighted by Gasteiger charge is 2.48. The van der Waals surface area contributed by atoms with E-state index in [-0.39, 0.29) is 6.10 Å². The first kappa shape index (κ1) is 14.6. The quantitative estimate of drug-likeness (QED) is 0.843. The van der Waals surface area contributed by atoms with Gasteiger partial charge in [0.05, 0.1) is 25.9 Å². The maximum Gasteiger partial charge on any atom is 0.0772 e. The van der Waals surface area contributed by atoms with Gasteiger partial charge in [0.2, 0.25) is 0 Å². The molecule has 3 saturated heterocycles. The average Bonchev–Trinajstić information content (AvgIpc) is 3.17. The molecular formula is C17H24N2O3. The number of hydrogen-bond acceptors (Lipinski definition) is 5. The summed E-state index contributed by atoms with van der Waals surface area (Å²) in [6.45, 7) is 5.14. The van der Waals surface area contributed by atoms with Gasteiger partial charge < -0.3 is 14.2 Å². The van der Waals surface area contributed by atoms with E-state index in [1.165, 1.54) is 0 Å². The van der Waals surface area contributed by atoms with E-state index in [9.17, 15) is 0 Å². The first-order valence-electron chi connectivity index (χ1n) is 8.33. The summed E-state index contributed by atoms with van der Waals surface area (Å²) in [5, 5.41) is 0. The summed E-state index contributed by atoms with van der Waals surface area (Å²) in [4.78, 5) is 6.79. The third kappa shape index (κ3) is 2.91. The molecule has 0 radical (unpaired) electrons. The van der Waals surface area contributed by atoms with Crippen LogP contribution in [0.3, 0.4) is 0 Å². The van der Waals surface area contributed by atoms with Crippen molar-refractivity contribution in [2.45, 2.75) is 37.6 Å². The molecule has 0 saturated carbocycles. The van der Waals surface area contributed by atoms with Crippen molar-refractivity contribution < 1.29 is 14.2 Å². The van der Waals surface area contributed by atoms with Gasteiger partial charge in [-0.15, -0.1) is 0 Å². The van der Waals surface area contributed by atoms with Crippen LogP contribution < -0.4 is 0 Å². The summed E-state index contributed by atoms with van der Waals surface area (Å²) < 4.78 is 17.5. The molecule has 1 aromatic heterocycles. The van der Waals surface area contributed by atoms with Crippen LogP contribution in [-0.4, -0.2) is 61.0 Å². The van der Waals surface area contributed by atoms with Crippen molar-refractivity contribution >= 4 is 0 Å². The van der Waals surface area contributed by atoms with Gasteiger partial charge in [-0.3, -0.25) is 9.88 Å². The smallest absolute Gasteiger partial charge is 0.0772 e. The lowest BCUT2D eigenvalue weighted by atomic mass is 10.0. The summed E-state index contributed by atoms with van der Waals surface area (Å²) in [5.41, 5.74) is 1.14. The molecule has 120 valence electrons. The number of pyridine rings is 1. The van der Waals surface area contributed by atoms with E-state index in [1.54, 1.807) is 6.20 Å². The molecule has 3 atom stereocenters. The van der Waals surface area contributed by atoms with Crippen LogP contribution in [0.2, 0.25) is 0 Å². The van der Waals surface area contributed by atoms with Gasteiger partial charge in [-0.1, -0.05) is 6.07 Å². The number of likely N-dealkylation sites (tertiary alicyclic amines) is 1. The van der Waals surface area contributed by atoms with Crippen LogP contribution in [0.4, 0.5) is 0 Å². The zero-order valence-corrected chi connectivity index (χ0v) is 12.9. The van der Waals surface area contributed by atoms with Crippen molar-refractivity contribution in [1.82, 2.24) is 9.88 Å². The average molecular weight is 304 g/mol. The summed E-state index contributed by atoms with van der Waals surface area (Å²) >= 11 is 0. The number of hydrogen-bond donors (Lipinski definition) is 0. The Labute approximate surface area is 131 Å². The summed E-state index contributed by atoms with van der Waals surface area (Å²) in [5.74, 6) is 0.513. The van der Waals surface area contributed by atoms with Crippen LogP contribution >= 0.6 is 0 Å². The van der Waals surface area contributed by atoms with E-state index in [1.807, 2.05) is 12.3 Å². The highest BCUT2D eigenvalue weighted by molar-refractivity contribution is 5.07. The number of ether oxygens (including phenoxy) is 3. The van der Waals surface area contributed by atoms with Gasteiger partial charge in [0.15, 0.2) is 0 Å². The van der Waals surface area contributed by atoms with Gasteiger partial charge in [0, 0.05) is 50.2 Å². The van der Waals surface area contributed by atoms with Crippen LogP contribution in [0.1, 0.15) is 18.4 Å². The van der Waals surface area contributed by atoms with E-state index in [0.29, 0.717) is 24.6 Å². The molecular weight excluding hydrogens is 280 g/mol. The Balaban J connectivity index is 1.40. The molecule has 0 spiro atoms. The molecule has 4 heterocycles. The van der Waals surface area contributed by atoms with Crippen LogP contribution in [-0.2, 0) is 20.8 Å². The molecule has 1 aromatic rings. The number of rotatable bonds is 4. The minimum atomic E-state index is 0.274. The summed E-state index contributed by atoms with van der Waals surface area (Å²) in [6.07, 6.45) is 6.23. The Bertz CT molecular complexity index is 478. The monoisotopic (exact) mass is 304 g/mol. The Morgan fingerprint density at radius 3 is 2.95 bits per heavy atom. The first-order valence-corrected chi connectivity index (χ1v) is 8.33. The van der Waals surface area contributed by atoms with Gasteiger partial charge in [-0.25, -0.2) is 0 Å². The summed E-state index contributed by atoms with van der Waals surface area (Å²) in [7, 11) is 0. The molecule has 0 N–H and O–H groups in total. The molecule has 3 aliphatic rings. The number of fused-ring (bicyclic) bond motifs is 1. The van der Waals surface area contributed by atoms with E-state index in [2.05, 4.69) is 16.0 Å². The van der Waals surface area contributed by atoms with Crippen molar-refractivity contribution in [3.05, 3.63) is 30.1 Å². The van der Waals surface area contributed by atoms with Gasteiger partial charge >= 0.3 is 0 Å². The molecule has 0 unspecified atom stereocenters. The molecule has 0 aromatic carbocycles. The second kappa shape index (κ2) is 6.62. The standard InChI is InChI=1S/C17H24N2O3/c1-2-13(8-18-5-1)10-22-17-9-19(14-3-6-20-7-4-14)16-12-21-11-15(16)17/h1-2,5,8,14-17H,3-4,6-7,9-12H2/t15-,16+,17-/m1/s1. The molecule has 5 heteroatoms. The Morgan fingerprint density at radius 1 is 1.23 bits per heavy atom. The van der Waals surface area contributed by atoms with Crippen molar-refractivity contribution in [3.63, 3.8) is 0 Å². The fourth-order valence-electron chi connectivity index (χ4n) is 4.03. The van der Waals surface area contributed by atoms with Gasteiger partial charge in [0.1, 0.15) is 0 Å². The first-order chi connectivity index (χ1) is 10.9. The fraction of sp³-hybridized carbons (Fsp3) is 0.706. The number of aromatic nitrogens is 1. The third-order valence-corrected chi connectivity index (χ3v) is 5.23. The summed E-state index contributed by atoms with van der Waals surface area (Å²) in [6, 6.07) is 5.20. The van der Waals surface area contributed by atoms with Crippen LogP contribution in [0.15, 0.2) is 24.5 Å². The number of nitrogens with zero attached hydrogens (tertiary/aromatic N) is 2. The molecule has 3 aliphatic heterocycles. The highest BCUT2D eigenvalue weighted by Crippen LogP contribution is 2.35. The molecule has 0 aliphatic carbocycles. The maximum absolute atomic E-state index is 6.23. The lowest BCUT2D eigenvalue weighted by molar-refractivity contribution is -0.00605. The topological polar surface area (TPSA) is 43.8 Å². The van der Waals surface area contributed by atoms with E-state index >= 15 is 0 Å². The van der Waals surface area contributed by atoms with Crippen molar-refractivity contribution in [2.75, 3.05) is 33.0 Å². The Morgan fingerprint density at radius 2 is 2.14 bits per heavy atom. The minimum absolute atomic E-state index is 0.274. The van der Waals surface area contributed by atoms with Crippen LogP contribution in [0.25, 0.3) is 0 Å². The Hall–Kier alpha value is -1.01. The fourth-order valence-corrected chi connectivity index (χ4v) is 4.03. The molecule has 5 nitrogen and oxygen atoms in total. The van der Waals surface area contributed by atoms with E-state index in [0.717, 1.165) is 51.4 Å². The van der Waals surface area contributed by atoms with Gasteiger partial charge in [0.25, 0.3) is 0 Å². The molecule has 0 amide bonds. The van der Waals surface area contributed by atoms with E-state index in [4.69, 9.17) is 14.2 Å². The van der Waals surface area contributed by atoms with Crippen LogP contribution in [0.5, 0.6) is 0 Å². The second-order valence-electron chi connectivity index (χ2n) is 6.52. The second-order valence-corrected chi connectivity index (χ2v) is 6.52. The largest absolute Gasteiger partial charge is 0.381 e. The third-order valence-electron chi connectivity index (χ3n) is 5.23. The van der Waals surface area contributed by atoms with Gasteiger partial charge in [-0.05, 0) is 24.5 Å². The van der Waals surface area contributed by atoms with Crippen molar-refractivity contribution in [2.24, 2.45) is 5.92 Å². The maximum atomic E-state index is 6.23. The lowest BCUT2D eigenvalue weighted by Crippen LogP contribution is -2.44. The highest BCUT2D eigenvalue weighted by atomic mass is 16.5. The van der Waals surface area contributed by atoms with Gasteiger partial charge in [-0.2, -0.15) is 0 Å². The normalized spacial score (nSPS) is 33.2. The zero-order chi connectivity index (χ0) is 14.8. The Kier molecular flexibility index (Phi) is 4.39. The predicted molar refractivity (Wildman–Crippen MR) is 81.5 cm³/mol. The zero-order valence-electron chi connectivity index (χ0n) is 12.9. The molecule has 22 heavy (non-hydrogen) atoms. The minimum Gasteiger partial charge on any atom is -0.381 e. The molecule has 4 rings (SSSR count). The predicted octanol–water partition coefficient (Wildman–Crippen LogP) is 1.48. The van der Waals surface area contributed by atoms with Crippen molar-refractivity contribution in [1.29, 1.82) is 0 Å². The molecule has 3 fully saturated rings. The van der Waals surface area contributed by atoms with Crippen molar-refractivity contribution in [3.8, 4) is 0 Å². The van der Waals surface area contributed by atoms with Crippen LogP contribution in [0, 0.1) is 5.92 Å². The van der Waals surface area contributed by atoms with E-state index < -0.39 is 0 Å².